The average Bonchev–Trinajstić information content (AvgIpc) is 2.47. The molecule has 1 aliphatic rings. The Kier molecular flexibility index (Phi) is 4.96. The molecular weight excluding hydrogens is 294 g/mol. The molecule has 5 nitrogen and oxygen atoms in total. The molecule has 1 atom stereocenters. The van der Waals surface area contributed by atoms with Crippen molar-refractivity contribution in [1.82, 2.24) is 4.90 Å². The topological polar surface area (TPSA) is 63.7 Å². The van der Waals surface area contributed by atoms with Gasteiger partial charge in [-0.2, -0.15) is 0 Å². The number of carbonyl (C=O) groups excluding carboxylic acids is 3. The highest BCUT2D eigenvalue weighted by molar-refractivity contribution is 6.30. The van der Waals surface area contributed by atoms with Gasteiger partial charge in [-0.05, 0) is 17.7 Å². The van der Waals surface area contributed by atoms with Crippen LogP contribution in [0.1, 0.15) is 12.0 Å². The number of piperidine rings is 1. The summed E-state index contributed by atoms with van der Waals surface area (Å²) < 4.78 is 4.61. The molecule has 1 aromatic carbocycles. The second-order valence-corrected chi connectivity index (χ2v) is 5.37. The number of halogens is 1. The van der Waals surface area contributed by atoms with E-state index in [9.17, 15) is 14.4 Å². The van der Waals surface area contributed by atoms with E-state index >= 15 is 0 Å². The van der Waals surface area contributed by atoms with Crippen molar-refractivity contribution >= 4 is 29.3 Å². The van der Waals surface area contributed by atoms with Crippen molar-refractivity contribution in [3.05, 3.63) is 34.9 Å². The molecule has 1 heterocycles. The number of likely N-dealkylation sites (tertiary alicyclic amines) is 1. The number of esters is 1. The summed E-state index contributed by atoms with van der Waals surface area (Å²) in [5.41, 5.74) is 0.805. The predicted octanol–water partition coefficient (Wildman–Crippen LogP) is 1.47. The van der Waals surface area contributed by atoms with Crippen LogP contribution in [0.15, 0.2) is 24.3 Å². The quantitative estimate of drug-likeness (QED) is 0.626. The zero-order valence-electron chi connectivity index (χ0n) is 11.7. The average molecular weight is 310 g/mol. The third kappa shape index (κ3) is 3.82. The van der Waals surface area contributed by atoms with Gasteiger partial charge in [-0.25, -0.2) is 0 Å². The number of carbonyl (C=O) groups is 3. The first-order valence-corrected chi connectivity index (χ1v) is 7.02. The maximum absolute atomic E-state index is 12.3. The van der Waals surface area contributed by atoms with Crippen molar-refractivity contribution in [1.29, 1.82) is 0 Å². The minimum Gasteiger partial charge on any atom is -0.468 e. The second kappa shape index (κ2) is 6.72. The zero-order chi connectivity index (χ0) is 15.4. The Morgan fingerprint density at radius 2 is 2.19 bits per heavy atom. The maximum atomic E-state index is 12.3. The molecule has 112 valence electrons. The molecule has 1 fully saturated rings. The van der Waals surface area contributed by atoms with Crippen LogP contribution in [-0.4, -0.2) is 42.8 Å². The van der Waals surface area contributed by atoms with Gasteiger partial charge in [0.2, 0.25) is 5.91 Å². The Hall–Kier alpha value is -1.88. The van der Waals surface area contributed by atoms with Crippen LogP contribution < -0.4 is 0 Å². The lowest BCUT2D eigenvalue weighted by Crippen LogP contribution is -2.47. The van der Waals surface area contributed by atoms with Gasteiger partial charge in [-0.1, -0.05) is 23.7 Å². The lowest BCUT2D eigenvalue weighted by molar-refractivity contribution is -0.153. The Balaban J connectivity index is 2.02. The van der Waals surface area contributed by atoms with Crippen LogP contribution in [0.25, 0.3) is 0 Å². The highest BCUT2D eigenvalue weighted by atomic mass is 35.5. The van der Waals surface area contributed by atoms with Crippen molar-refractivity contribution in [3.63, 3.8) is 0 Å². The Morgan fingerprint density at radius 3 is 2.86 bits per heavy atom. The number of ketones is 1. The molecule has 0 spiro atoms. The summed E-state index contributed by atoms with van der Waals surface area (Å²) in [5.74, 6) is -1.75. The summed E-state index contributed by atoms with van der Waals surface area (Å²) in [5, 5.41) is 0.571. The molecule has 6 heteroatoms. The molecular formula is C15H16ClNO4. The van der Waals surface area contributed by atoms with Crippen LogP contribution in [0.4, 0.5) is 0 Å². The molecule has 1 unspecified atom stereocenters. The summed E-state index contributed by atoms with van der Waals surface area (Å²) in [6, 6.07) is 7.06. The number of hydrogen-bond acceptors (Lipinski definition) is 4. The zero-order valence-corrected chi connectivity index (χ0v) is 12.4. The van der Waals surface area contributed by atoms with Crippen LogP contribution in [0, 0.1) is 5.92 Å². The van der Waals surface area contributed by atoms with E-state index in [0.29, 0.717) is 11.6 Å². The molecule has 0 aromatic heterocycles. The number of rotatable bonds is 3. The number of ether oxygens (including phenoxy) is 1. The molecule has 21 heavy (non-hydrogen) atoms. The SMILES string of the molecule is COC(=O)C1CN(C(=O)Cc2cccc(Cl)c2)CCC1=O. The highest BCUT2D eigenvalue weighted by Gasteiger charge is 2.35. The summed E-state index contributed by atoms with van der Waals surface area (Å²) in [7, 11) is 1.24. The van der Waals surface area contributed by atoms with Crippen molar-refractivity contribution in [2.75, 3.05) is 20.2 Å². The van der Waals surface area contributed by atoms with Gasteiger partial charge in [0, 0.05) is 24.5 Å². The van der Waals surface area contributed by atoms with Gasteiger partial charge in [0.05, 0.1) is 13.5 Å². The maximum Gasteiger partial charge on any atom is 0.318 e. The molecule has 0 bridgehead atoms. The predicted molar refractivity (Wildman–Crippen MR) is 76.9 cm³/mol. The van der Waals surface area contributed by atoms with E-state index in [2.05, 4.69) is 4.74 Å². The monoisotopic (exact) mass is 309 g/mol. The summed E-state index contributed by atoms with van der Waals surface area (Å²) in [4.78, 5) is 37.1. The van der Waals surface area contributed by atoms with Gasteiger partial charge in [0.1, 0.15) is 5.92 Å². The Bertz CT molecular complexity index is 565. The minimum atomic E-state index is -0.868. The third-order valence-corrected chi connectivity index (χ3v) is 3.74. The largest absolute Gasteiger partial charge is 0.468 e. The number of nitrogens with zero attached hydrogens (tertiary/aromatic N) is 1. The van der Waals surface area contributed by atoms with E-state index in [4.69, 9.17) is 11.6 Å². The van der Waals surface area contributed by atoms with Gasteiger partial charge in [-0.3, -0.25) is 14.4 Å². The van der Waals surface area contributed by atoms with E-state index < -0.39 is 11.9 Å². The minimum absolute atomic E-state index is 0.0882. The normalized spacial score (nSPS) is 18.5. The van der Waals surface area contributed by atoms with Crippen LogP contribution in [-0.2, 0) is 25.5 Å². The molecule has 0 radical (unpaired) electrons. The summed E-state index contributed by atoms with van der Waals surface area (Å²) in [6.07, 6.45) is 0.379. The van der Waals surface area contributed by atoms with E-state index in [1.165, 1.54) is 12.0 Å². The first-order chi connectivity index (χ1) is 10.0. The van der Waals surface area contributed by atoms with Gasteiger partial charge in [0.15, 0.2) is 5.78 Å². The van der Waals surface area contributed by atoms with Crippen molar-refractivity contribution in [3.8, 4) is 0 Å². The smallest absolute Gasteiger partial charge is 0.318 e. The van der Waals surface area contributed by atoms with Crippen molar-refractivity contribution < 1.29 is 19.1 Å². The van der Waals surface area contributed by atoms with Gasteiger partial charge in [-0.15, -0.1) is 0 Å². The van der Waals surface area contributed by atoms with E-state index in [1.807, 2.05) is 6.07 Å². The standard InChI is InChI=1S/C15H16ClNO4/c1-21-15(20)12-9-17(6-5-13(12)18)14(19)8-10-3-2-4-11(16)7-10/h2-4,7,12H,5-6,8-9H2,1H3. The van der Waals surface area contributed by atoms with Crippen LogP contribution in [0.5, 0.6) is 0 Å². The second-order valence-electron chi connectivity index (χ2n) is 4.94. The summed E-state index contributed by atoms with van der Waals surface area (Å²) >= 11 is 5.89. The van der Waals surface area contributed by atoms with E-state index in [0.717, 1.165) is 5.56 Å². The molecule has 0 aliphatic carbocycles. The number of hydrogen-bond donors (Lipinski definition) is 0. The van der Waals surface area contributed by atoms with E-state index in [-0.39, 0.29) is 31.1 Å². The fourth-order valence-electron chi connectivity index (χ4n) is 2.34. The number of methoxy groups -OCH3 is 1. The fraction of sp³-hybridized carbons (Fsp3) is 0.400. The lowest BCUT2D eigenvalue weighted by Gasteiger charge is -2.30. The Morgan fingerprint density at radius 1 is 1.43 bits per heavy atom. The van der Waals surface area contributed by atoms with Crippen LogP contribution >= 0.6 is 11.6 Å². The van der Waals surface area contributed by atoms with Gasteiger partial charge < -0.3 is 9.64 Å². The molecule has 2 rings (SSSR count). The molecule has 1 aliphatic heterocycles. The first-order valence-electron chi connectivity index (χ1n) is 6.64. The fourth-order valence-corrected chi connectivity index (χ4v) is 2.55. The third-order valence-electron chi connectivity index (χ3n) is 3.50. The van der Waals surface area contributed by atoms with Crippen LogP contribution in [0.2, 0.25) is 5.02 Å². The molecule has 0 saturated carbocycles. The molecule has 0 N–H and O–H groups in total. The summed E-state index contributed by atoms with van der Waals surface area (Å²) in [6.45, 7) is 0.427. The first kappa shape index (κ1) is 15.5. The lowest BCUT2D eigenvalue weighted by atomic mass is 9.96. The molecule has 1 amide bonds. The number of benzene rings is 1. The van der Waals surface area contributed by atoms with Gasteiger partial charge >= 0.3 is 5.97 Å². The number of amides is 1. The van der Waals surface area contributed by atoms with Crippen molar-refractivity contribution in [2.24, 2.45) is 5.92 Å². The number of Topliss-reactive ketones (excluding diaryl/α,β-unsaturated/α-hetero) is 1. The van der Waals surface area contributed by atoms with Crippen LogP contribution in [0.3, 0.4) is 0 Å². The molecule has 1 saturated heterocycles. The Labute approximate surface area is 127 Å². The van der Waals surface area contributed by atoms with Gasteiger partial charge in [0.25, 0.3) is 0 Å². The van der Waals surface area contributed by atoms with E-state index in [1.54, 1.807) is 18.2 Å². The van der Waals surface area contributed by atoms with Crippen molar-refractivity contribution in [2.45, 2.75) is 12.8 Å². The highest BCUT2D eigenvalue weighted by Crippen LogP contribution is 2.17. The molecule has 1 aromatic rings.